The number of carbonyl (C=O) groups is 3. The smallest absolute Gasteiger partial charge is 0.457 e. The number of allylic oxidation sites excluding steroid dienone is 3. The molecule has 0 bridgehead atoms. The van der Waals surface area contributed by atoms with Crippen molar-refractivity contribution in [3.05, 3.63) is 58.6 Å². The summed E-state index contributed by atoms with van der Waals surface area (Å²) in [5.41, 5.74) is 1.84. The monoisotopic (exact) mass is 703 g/mol. The van der Waals surface area contributed by atoms with Gasteiger partial charge in [0.1, 0.15) is 24.6 Å². The SMILES string of the molecule is C=CC/C(C)=C\C[C@H](OC(=O)C[C@H](C)C(C)(C)C(=O)[C@H](C)[C@@H](OC(=O)OCC(Cl)(Cl)Cl)[C@@H](C)CC=C)/C(C)=C/c1csc(C)n1. The van der Waals surface area contributed by atoms with Crippen LogP contribution in [-0.2, 0) is 23.8 Å². The molecule has 0 saturated carbocycles. The summed E-state index contributed by atoms with van der Waals surface area (Å²) in [6.45, 7) is 21.9. The third-order valence-electron chi connectivity index (χ3n) is 7.87. The number of halogens is 3. The number of alkyl halides is 3. The van der Waals surface area contributed by atoms with E-state index in [1.54, 1.807) is 38.2 Å². The predicted octanol–water partition coefficient (Wildman–Crippen LogP) is 10.0. The molecule has 5 atom stereocenters. The number of rotatable bonds is 18. The lowest BCUT2D eigenvalue weighted by Gasteiger charge is -2.36. The second-order valence-electron chi connectivity index (χ2n) is 12.2. The Kier molecular flexibility index (Phi) is 17.2. The molecule has 0 radical (unpaired) electrons. The minimum absolute atomic E-state index is 0.0133. The van der Waals surface area contributed by atoms with Gasteiger partial charge in [-0.15, -0.1) is 24.5 Å². The fraction of sp³-hybridized carbons (Fsp3) is 0.588. The molecule has 1 aromatic heterocycles. The third kappa shape index (κ3) is 14.4. The number of aromatic nitrogens is 1. The van der Waals surface area contributed by atoms with Gasteiger partial charge in [-0.3, -0.25) is 9.59 Å². The second-order valence-corrected chi connectivity index (χ2v) is 15.7. The Morgan fingerprint density at radius 3 is 2.22 bits per heavy atom. The molecule has 0 amide bonds. The molecule has 11 heteroatoms. The van der Waals surface area contributed by atoms with Gasteiger partial charge in [-0.05, 0) is 57.1 Å². The van der Waals surface area contributed by atoms with Crippen molar-refractivity contribution in [2.24, 2.45) is 23.2 Å². The van der Waals surface area contributed by atoms with Crippen molar-refractivity contribution in [3.8, 4) is 0 Å². The number of aryl methyl sites for hydroxylation is 1. The zero-order valence-corrected chi connectivity index (χ0v) is 30.7. The van der Waals surface area contributed by atoms with Crippen molar-refractivity contribution in [3.63, 3.8) is 0 Å². The summed E-state index contributed by atoms with van der Waals surface area (Å²) in [6.07, 6.45) is 6.84. The van der Waals surface area contributed by atoms with Crippen LogP contribution in [0.25, 0.3) is 6.08 Å². The van der Waals surface area contributed by atoms with Gasteiger partial charge in [-0.1, -0.05) is 93.2 Å². The lowest BCUT2D eigenvalue weighted by atomic mass is 9.69. The summed E-state index contributed by atoms with van der Waals surface area (Å²) in [7, 11) is 0. The molecular formula is C34H48Cl3NO6S. The standard InChI is InChI=1S/C34H48Cl3NO6S/c1-11-13-21(3)15-16-28(23(5)17-27-19-45-26(8)38-27)43-29(39)18-24(6)33(9,10)31(40)25(7)30(22(4)14-12-2)44-32(41)42-20-34(35,36)37/h11-12,15,17,19,22,24-25,28,30H,1-2,13-14,16,18,20H2,3-10H3/b21-15-,23-17+/t22-,24-,25+,28-,30-/m0/s1. The van der Waals surface area contributed by atoms with E-state index in [2.05, 4.69) is 18.1 Å². The van der Waals surface area contributed by atoms with Crippen LogP contribution in [0.3, 0.4) is 0 Å². The van der Waals surface area contributed by atoms with Gasteiger partial charge in [0.25, 0.3) is 0 Å². The number of Topliss-reactive ketones (excluding diaryl/α,β-unsaturated/α-hetero) is 1. The van der Waals surface area contributed by atoms with Crippen LogP contribution in [0.5, 0.6) is 0 Å². The molecular weight excluding hydrogens is 657 g/mol. The van der Waals surface area contributed by atoms with E-state index in [0.29, 0.717) is 12.8 Å². The minimum Gasteiger partial charge on any atom is -0.457 e. The van der Waals surface area contributed by atoms with Crippen LogP contribution in [-0.4, -0.2) is 45.5 Å². The normalized spacial score (nSPS) is 16.2. The first-order valence-electron chi connectivity index (χ1n) is 14.9. The summed E-state index contributed by atoms with van der Waals surface area (Å²) in [5, 5.41) is 2.91. The molecule has 1 aromatic rings. The van der Waals surface area contributed by atoms with Gasteiger partial charge in [0.05, 0.1) is 16.6 Å². The molecule has 0 N–H and O–H groups in total. The molecule has 0 saturated heterocycles. The Balaban J connectivity index is 3.11. The molecule has 0 spiro atoms. The van der Waals surface area contributed by atoms with Gasteiger partial charge in [0.2, 0.25) is 3.79 Å². The highest BCUT2D eigenvalue weighted by Gasteiger charge is 2.43. The first-order valence-corrected chi connectivity index (χ1v) is 16.9. The molecule has 0 fully saturated rings. The number of nitrogens with zero attached hydrogens (tertiary/aromatic N) is 1. The van der Waals surface area contributed by atoms with Gasteiger partial charge in [0, 0.05) is 23.6 Å². The van der Waals surface area contributed by atoms with Crippen LogP contribution in [0.2, 0.25) is 0 Å². The van der Waals surface area contributed by atoms with E-state index >= 15 is 0 Å². The molecule has 252 valence electrons. The minimum atomic E-state index is -1.80. The number of hydrogen-bond acceptors (Lipinski definition) is 8. The highest BCUT2D eigenvalue weighted by molar-refractivity contribution is 7.09. The molecule has 0 aliphatic carbocycles. The van der Waals surface area contributed by atoms with E-state index in [1.807, 2.05) is 58.2 Å². The van der Waals surface area contributed by atoms with Crippen LogP contribution in [0.15, 0.2) is 47.9 Å². The quantitative estimate of drug-likeness (QED) is 0.0853. The Hall–Kier alpha value is -2.13. The van der Waals surface area contributed by atoms with Gasteiger partial charge < -0.3 is 14.2 Å². The summed E-state index contributed by atoms with van der Waals surface area (Å²) >= 11 is 18.6. The highest BCUT2D eigenvalue weighted by atomic mass is 35.6. The van der Waals surface area contributed by atoms with Gasteiger partial charge in [0.15, 0.2) is 0 Å². The molecule has 0 aliphatic heterocycles. The zero-order chi connectivity index (χ0) is 34.5. The van der Waals surface area contributed by atoms with E-state index < -0.39 is 52.0 Å². The number of hydrogen-bond donors (Lipinski definition) is 0. The van der Waals surface area contributed by atoms with Crippen molar-refractivity contribution in [1.82, 2.24) is 4.98 Å². The van der Waals surface area contributed by atoms with E-state index in [-0.39, 0.29) is 18.1 Å². The number of ketones is 1. The highest BCUT2D eigenvalue weighted by Crippen LogP contribution is 2.37. The van der Waals surface area contributed by atoms with Gasteiger partial charge in [-0.2, -0.15) is 0 Å². The summed E-state index contributed by atoms with van der Waals surface area (Å²) in [6, 6.07) is 0. The van der Waals surface area contributed by atoms with Crippen LogP contribution in [0.1, 0.15) is 84.9 Å². The lowest BCUT2D eigenvalue weighted by molar-refractivity contribution is -0.150. The summed E-state index contributed by atoms with van der Waals surface area (Å²) in [4.78, 5) is 44.2. The van der Waals surface area contributed by atoms with Crippen LogP contribution < -0.4 is 0 Å². The molecule has 1 heterocycles. The Morgan fingerprint density at radius 2 is 1.69 bits per heavy atom. The van der Waals surface area contributed by atoms with Crippen molar-refractivity contribution < 1.29 is 28.6 Å². The number of ether oxygens (including phenoxy) is 3. The van der Waals surface area contributed by atoms with E-state index in [9.17, 15) is 14.4 Å². The number of thiazole rings is 1. The van der Waals surface area contributed by atoms with Crippen LogP contribution in [0, 0.1) is 30.1 Å². The third-order valence-corrected chi connectivity index (χ3v) is 8.99. The Morgan fingerprint density at radius 1 is 1.04 bits per heavy atom. The maximum Gasteiger partial charge on any atom is 0.508 e. The van der Waals surface area contributed by atoms with Crippen molar-refractivity contribution in [2.45, 2.75) is 97.1 Å². The largest absolute Gasteiger partial charge is 0.508 e. The average Bonchev–Trinajstić information content (AvgIpc) is 3.35. The Bertz CT molecular complexity index is 1230. The van der Waals surface area contributed by atoms with Crippen molar-refractivity contribution in [1.29, 1.82) is 0 Å². The van der Waals surface area contributed by atoms with E-state index in [4.69, 9.17) is 49.0 Å². The summed E-state index contributed by atoms with van der Waals surface area (Å²) in [5.74, 6) is -1.97. The maximum absolute atomic E-state index is 13.9. The molecule has 0 aliphatic rings. The van der Waals surface area contributed by atoms with Crippen LogP contribution in [0.4, 0.5) is 4.79 Å². The lowest BCUT2D eigenvalue weighted by Crippen LogP contribution is -2.44. The van der Waals surface area contributed by atoms with Crippen molar-refractivity contribution >= 4 is 70.1 Å². The second kappa shape index (κ2) is 18.9. The van der Waals surface area contributed by atoms with Crippen molar-refractivity contribution in [2.75, 3.05) is 6.61 Å². The molecule has 0 aromatic carbocycles. The predicted molar refractivity (Wildman–Crippen MR) is 186 cm³/mol. The molecule has 1 rings (SSSR count). The number of esters is 1. The zero-order valence-electron chi connectivity index (χ0n) is 27.7. The maximum atomic E-state index is 13.9. The first kappa shape index (κ1) is 40.9. The summed E-state index contributed by atoms with van der Waals surface area (Å²) < 4.78 is 14.7. The average molecular weight is 705 g/mol. The van der Waals surface area contributed by atoms with Crippen LogP contribution >= 0.6 is 46.1 Å². The van der Waals surface area contributed by atoms with Gasteiger partial charge in [-0.25, -0.2) is 9.78 Å². The fourth-order valence-electron chi connectivity index (χ4n) is 4.80. The van der Waals surface area contributed by atoms with E-state index in [0.717, 1.165) is 28.3 Å². The molecule has 0 unspecified atom stereocenters. The molecule has 45 heavy (non-hydrogen) atoms. The molecule has 7 nitrogen and oxygen atoms in total. The topological polar surface area (TPSA) is 91.8 Å². The van der Waals surface area contributed by atoms with Gasteiger partial charge >= 0.3 is 12.1 Å². The van der Waals surface area contributed by atoms with E-state index in [1.165, 1.54) is 0 Å². The first-order chi connectivity index (χ1) is 20.8. The Labute approximate surface area is 288 Å². The fourth-order valence-corrected chi connectivity index (χ4v) is 5.54. The number of carbonyl (C=O) groups excluding carboxylic acids is 3.